The van der Waals surface area contributed by atoms with Crippen LogP contribution < -0.4 is 5.32 Å². The van der Waals surface area contributed by atoms with Crippen molar-refractivity contribution in [2.24, 2.45) is 0 Å². The fourth-order valence-corrected chi connectivity index (χ4v) is 1.72. The zero-order chi connectivity index (χ0) is 11.2. The van der Waals surface area contributed by atoms with Gasteiger partial charge in [-0.3, -0.25) is 0 Å². The van der Waals surface area contributed by atoms with Crippen molar-refractivity contribution in [1.29, 1.82) is 0 Å². The predicted molar refractivity (Wildman–Crippen MR) is 68.2 cm³/mol. The molecule has 2 aromatic rings. The highest BCUT2D eigenvalue weighted by atomic mass is 14.8. The number of aromatic nitrogens is 1. The first-order valence-corrected chi connectivity index (χ1v) is 5.83. The molecule has 2 N–H and O–H groups in total. The molecule has 1 aromatic heterocycles. The maximum Gasteiger partial charge on any atom is 0.0453 e. The summed E-state index contributed by atoms with van der Waals surface area (Å²) in [5.41, 5.74) is 3.75. The third-order valence-electron chi connectivity index (χ3n) is 2.62. The number of hydrogen-bond donors (Lipinski definition) is 2. The van der Waals surface area contributed by atoms with Gasteiger partial charge in [-0.15, -0.1) is 0 Å². The second kappa shape index (κ2) is 5.52. The van der Waals surface area contributed by atoms with Crippen LogP contribution in [0.2, 0.25) is 0 Å². The average Bonchev–Trinajstić information content (AvgIpc) is 2.84. The lowest BCUT2D eigenvalue weighted by molar-refractivity contribution is 0.675. The third kappa shape index (κ3) is 2.74. The molecule has 0 aliphatic carbocycles. The normalized spacial score (nSPS) is 10.6. The molecular weight excluding hydrogens is 196 g/mol. The van der Waals surface area contributed by atoms with E-state index in [4.69, 9.17) is 0 Å². The van der Waals surface area contributed by atoms with E-state index in [1.807, 2.05) is 12.3 Å². The minimum Gasteiger partial charge on any atom is -0.361 e. The molecule has 0 spiro atoms. The first-order chi connectivity index (χ1) is 7.90. The molecule has 0 aliphatic heterocycles. The SMILES string of the molecule is CCCNCc1ccc(-c2ccc[nH]2)cc1. The molecule has 0 aliphatic rings. The van der Waals surface area contributed by atoms with E-state index in [0.29, 0.717) is 0 Å². The monoisotopic (exact) mass is 214 g/mol. The number of rotatable bonds is 5. The van der Waals surface area contributed by atoms with Crippen molar-refractivity contribution < 1.29 is 0 Å². The van der Waals surface area contributed by atoms with Crippen LogP contribution in [0.15, 0.2) is 42.6 Å². The molecule has 84 valence electrons. The van der Waals surface area contributed by atoms with Gasteiger partial charge in [-0.25, -0.2) is 0 Å². The summed E-state index contributed by atoms with van der Waals surface area (Å²) in [6.07, 6.45) is 3.13. The van der Waals surface area contributed by atoms with Crippen LogP contribution in [-0.2, 0) is 6.54 Å². The Hall–Kier alpha value is -1.54. The van der Waals surface area contributed by atoms with E-state index >= 15 is 0 Å². The maximum atomic E-state index is 3.40. The summed E-state index contributed by atoms with van der Waals surface area (Å²) < 4.78 is 0. The lowest BCUT2D eigenvalue weighted by atomic mass is 10.1. The van der Waals surface area contributed by atoms with Crippen LogP contribution in [0.5, 0.6) is 0 Å². The van der Waals surface area contributed by atoms with Crippen molar-refractivity contribution in [1.82, 2.24) is 10.3 Å². The second-order valence-corrected chi connectivity index (χ2v) is 3.96. The fraction of sp³-hybridized carbons (Fsp3) is 0.286. The number of benzene rings is 1. The van der Waals surface area contributed by atoms with Crippen LogP contribution in [0.25, 0.3) is 11.3 Å². The Kier molecular flexibility index (Phi) is 3.78. The topological polar surface area (TPSA) is 27.8 Å². The highest BCUT2D eigenvalue weighted by Gasteiger charge is 1.97. The molecule has 0 atom stereocenters. The van der Waals surface area contributed by atoms with Crippen LogP contribution in [0.3, 0.4) is 0 Å². The minimum atomic E-state index is 0.957. The van der Waals surface area contributed by atoms with E-state index in [1.54, 1.807) is 0 Å². The van der Waals surface area contributed by atoms with Gasteiger partial charge in [0.2, 0.25) is 0 Å². The molecule has 0 saturated heterocycles. The highest BCUT2D eigenvalue weighted by Crippen LogP contribution is 2.17. The van der Waals surface area contributed by atoms with Crippen LogP contribution in [0, 0.1) is 0 Å². The molecule has 0 amide bonds. The lowest BCUT2D eigenvalue weighted by Crippen LogP contribution is -2.13. The molecule has 1 aromatic carbocycles. The first kappa shape index (κ1) is 11.0. The second-order valence-electron chi connectivity index (χ2n) is 3.96. The van der Waals surface area contributed by atoms with Crippen LogP contribution in [-0.4, -0.2) is 11.5 Å². The van der Waals surface area contributed by atoms with Gasteiger partial charge < -0.3 is 10.3 Å². The largest absolute Gasteiger partial charge is 0.361 e. The van der Waals surface area contributed by atoms with Crippen molar-refractivity contribution in [3.8, 4) is 11.3 Å². The molecule has 2 heteroatoms. The Labute approximate surface area is 96.7 Å². The summed E-state index contributed by atoms with van der Waals surface area (Å²) in [5.74, 6) is 0. The highest BCUT2D eigenvalue weighted by molar-refractivity contribution is 5.59. The molecule has 0 unspecified atom stereocenters. The number of H-pyrrole nitrogens is 1. The average molecular weight is 214 g/mol. The van der Waals surface area contributed by atoms with Gasteiger partial charge in [0.1, 0.15) is 0 Å². The zero-order valence-corrected chi connectivity index (χ0v) is 9.66. The maximum absolute atomic E-state index is 3.40. The van der Waals surface area contributed by atoms with Gasteiger partial charge in [0.25, 0.3) is 0 Å². The predicted octanol–water partition coefficient (Wildman–Crippen LogP) is 3.18. The Morgan fingerprint density at radius 2 is 1.94 bits per heavy atom. The Bertz CT molecular complexity index is 401. The van der Waals surface area contributed by atoms with E-state index in [-0.39, 0.29) is 0 Å². The van der Waals surface area contributed by atoms with Crippen molar-refractivity contribution in [2.45, 2.75) is 19.9 Å². The van der Waals surface area contributed by atoms with E-state index in [2.05, 4.69) is 47.6 Å². The van der Waals surface area contributed by atoms with Crippen molar-refractivity contribution in [3.63, 3.8) is 0 Å². The number of nitrogens with one attached hydrogen (secondary N) is 2. The number of hydrogen-bond acceptors (Lipinski definition) is 1. The van der Waals surface area contributed by atoms with Gasteiger partial charge >= 0.3 is 0 Å². The van der Waals surface area contributed by atoms with Gasteiger partial charge in [0.05, 0.1) is 0 Å². The van der Waals surface area contributed by atoms with E-state index < -0.39 is 0 Å². The van der Waals surface area contributed by atoms with Gasteiger partial charge in [-0.2, -0.15) is 0 Å². The molecule has 16 heavy (non-hydrogen) atoms. The van der Waals surface area contributed by atoms with Gasteiger partial charge in [0.15, 0.2) is 0 Å². The van der Waals surface area contributed by atoms with Crippen LogP contribution in [0.4, 0.5) is 0 Å². The van der Waals surface area contributed by atoms with Crippen molar-refractivity contribution in [3.05, 3.63) is 48.2 Å². The summed E-state index contributed by atoms with van der Waals surface area (Å²) in [6.45, 7) is 4.22. The quantitative estimate of drug-likeness (QED) is 0.735. The van der Waals surface area contributed by atoms with E-state index in [0.717, 1.165) is 13.1 Å². The Balaban J connectivity index is 2.00. The standard InChI is InChI=1S/C14H18N2/c1-2-9-15-11-12-5-7-13(8-6-12)14-4-3-10-16-14/h3-8,10,15-16H,2,9,11H2,1H3. The van der Waals surface area contributed by atoms with Crippen molar-refractivity contribution in [2.75, 3.05) is 6.54 Å². The van der Waals surface area contributed by atoms with Gasteiger partial charge in [-0.05, 0) is 36.2 Å². The summed E-state index contributed by atoms with van der Waals surface area (Å²) in [6, 6.07) is 12.8. The molecule has 1 heterocycles. The summed E-state index contributed by atoms with van der Waals surface area (Å²) in [5, 5.41) is 3.40. The van der Waals surface area contributed by atoms with Crippen LogP contribution >= 0.6 is 0 Å². The van der Waals surface area contributed by atoms with Crippen LogP contribution in [0.1, 0.15) is 18.9 Å². The summed E-state index contributed by atoms with van der Waals surface area (Å²) in [7, 11) is 0. The third-order valence-corrected chi connectivity index (χ3v) is 2.62. The van der Waals surface area contributed by atoms with E-state index in [9.17, 15) is 0 Å². The molecule has 0 saturated carbocycles. The minimum absolute atomic E-state index is 0.957. The lowest BCUT2D eigenvalue weighted by Gasteiger charge is -2.04. The molecule has 2 nitrogen and oxygen atoms in total. The first-order valence-electron chi connectivity index (χ1n) is 5.83. The van der Waals surface area contributed by atoms with Gasteiger partial charge in [0, 0.05) is 18.4 Å². The molecular formula is C14H18N2. The molecule has 0 radical (unpaired) electrons. The number of aromatic amines is 1. The van der Waals surface area contributed by atoms with Crippen molar-refractivity contribution >= 4 is 0 Å². The zero-order valence-electron chi connectivity index (χ0n) is 9.66. The molecule has 2 rings (SSSR count). The van der Waals surface area contributed by atoms with Gasteiger partial charge in [-0.1, -0.05) is 31.2 Å². The summed E-state index contributed by atoms with van der Waals surface area (Å²) in [4.78, 5) is 3.21. The molecule has 0 fully saturated rings. The molecule has 0 bridgehead atoms. The summed E-state index contributed by atoms with van der Waals surface area (Å²) >= 11 is 0. The smallest absolute Gasteiger partial charge is 0.0453 e. The van der Waals surface area contributed by atoms with E-state index in [1.165, 1.54) is 23.2 Å². The Morgan fingerprint density at radius 1 is 1.12 bits per heavy atom. The fourth-order valence-electron chi connectivity index (χ4n) is 1.72. The Morgan fingerprint density at radius 3 is 2.56 bits per heavy atom.